The maximum Gasteiger partial charge on any atom is 0.207 e. The van der Waals surface area contributed by atoms with Gasteiger partial charge in [-0.1, -0.05) is 23.7 Å². The molecule has 10 heteroatoms. The number of H-pyrrole nitrogens is 1. The Morgan fingerprint density at radius 1 is 1.23 bits per heavy atom. The predicted molar refractivity (Wildman–Crippen MR) is 103 cm³/mol. The van der Waals surface area contributed by atoms with Gasteiger partial charge in [0.05, 0.1) is 27.3 Å². The molecule has 0 bridgehead atoms. The molecule has 0 amide bonds. The summed E-state index contributed by atoms with van der Waals surface area (Å²) in [5.41, 5.74) is 2.16. The molecule has 0 atom stereocenters. The molecular formula is C16H12ClN5O2S2. The summed E-state index contributed by atoms with van der Waals surface area (Å²) in [5.74, 6) is 0.448. The molecule has 7 nitrogen and oxygen atoms in total. The summed E-state index contributed by atoms with van der Waals surface area (Å²) in [6.07, 6.45) is 2.83. The van der Waals surface area contributed by atoms with Crippen LogP contribution in [0, 0.1) is 0 Å². The number of rotatable bonds is 4. The second-order valence-electron chi connectivity index (χ2n) is 5.61. The number of nitrogens with zero attached hydrogens (tertiary/aromatic N) is 3. The zero-order valence-corrected chi connectivity index (χ0v) is 15.8. The zero-order chi connectivity index (χ0) is 18.3. The molecule has 0 fully saturated rings. The highest BCUT2D eigenvalue weighted by molar-refractivity contribution is 7.90. The molecule has 0 radical (unpaired) electrons. The molecule has 2 heterocycles. The molecule has 2 N–H and O–H groups in total. The third-order valence-electron chi connectivity index (χ3n) is 3.75. The van der Waals surface area contributed by atoms with Crippen molar-refractivity contribution in [2.45, 2.75) is 4.90 Å². The van der Waals surface area contributed by atoms with Gasteiger partial charge in [0.25, 0.3) is 0 Å². The SMILES string of the molecule is CS(=O)(=O)c1cccc(-c2nsc(Nc3ccc4[nH]ncc4c3Cl)n2)c1. The van der Waals surface area contributed by atoms with Crippen LogP contribution in [0.1, 0.15) is 0 Å². The van der Waals surface area contributed by atoms with Gasteiger partial charge in [0, 0.05) is 28.7 Å². The fourth-order valence-electron chi connectivity index (χ4n) is 2.45. The van der Waals surface area contributed by atoms with Gasteiger partial charge in [0.1, 0.15) is 0 Å². The fraction of sp³-hybridized carbons (Fsp3) is 0.0625. The molecule has 0 unspecified atom stereocenters. The van der Waals surface area contributed by atoms with Crippen molar-refractivity contribution >= 4 is 54.7 Å². The summed E-state index contributed by atoms with van der Waals surface area (Å²) < 4.78 is 27.7. The van der Waals surface area contributed by atoms with Crippen molar-refractivity contribution in [3.05, 3.63) is 47.6 Å². The van der Waals surface area contributed by atoms with Crippen LogP contribution in [0.2, 0.25) is 5.02 Å². The van der Waals surface area contributed by atoms with Crippen molar-refractivity contribution in [2.24, 2.45) is 0 Å². The van der Waals surface area contributed by atoms with Crippen molar-refractivity contribution in [3.63, 3.8) is 0 Å². The standard InChI is InChI=1S/C16H12ClN5O2S2/c1-26(23,24)10-4-2-3-9(7-10)15-20-16(25-22-15)19-13-6-5-12-11(14(13)17)8-18-21-12/h2-8H,1H3,(H,18,21)(H,19,20,22). The van der Waals surface area contributed by atoms with Gasteiger partial charge in [-0.25, -0.2) is 8.42 Å². The van der Waals surface area contributed by atoms with Gasteiger partial charge in [-0.2, -0.15) is 14.5 Å². The molecular weight excluding hydrogens is 394 g/mol. The summed E-state index contributed by atoms with van der Waals surface area (Å²) in [4.78, 5) is 4.66. The molecule has 0 aliphatic heterocycles. The lowest BCUT2D eigenvalue weighted by atomic mass is 10.2. The third kappa shape index (κ3) is 3.16. The van der Waals surface area contributed by atoms with Gasteiger partial charge in [0.15, 0.2) is 15.7 Å². The first-order chi connectivity index (χ1) is 12.4. The maximum absolute atomic E-state index is 11.7. The molecule has 2 aromatic carbocycles. The molecule has 4 aromatic rings. The van der Waals surface area contributed by atoms with Crippen LogP contribution >= 0.6 is 23.1 Å². The van der Waals surface area contributed by atoms with E-state index in [9.17, 15) is 8.42 Å². The largest absolute Gasteiger partial charge is 0.329 e. The average molecular weight is 406 g/mol. The highest BCUT2D eigenvalue weighted by atomic mass is 35.5. The summed E-state index contributed by atoms with van der Waals surface area (Å²) in [7, 11) is -3.29. The summed E-state index contributed by atoms with van der Waals surface area (Å²) >= 11 is 7.56. The fourth-order valence-corrected chi connectivity index (χ4v) is 3.98. The Labute approximate surface area is 158 Å². The Bertz CT molecular complexity index is 1220. The van der Waals surface area contributed by atoms with Crippen LogP contribution in [0.25, 0.3) is 22.3 Å². The van der Waals surface area contributed by atoms with E-state index in [0.29, 0.717) is 27.2 Å². The molecule has 4 rings (SSSR count). The van der Waals surface area contributed by atoms with E-state index < -0.39 is 9.84 Å². The second kappa shape index (κ2) is 6.35. The zero-order valence-electron chi connectivity index (χ0n) is 13.4. The van der Waals surface area contributed by atoms with Crippen LogP contribution in [0.5, 0.6) is 0 Å². The van der Waals surface area contributed by atoms with E-state index >= 15 is 0 Å². The van der Waals surface area contributed by atoms with Gasteiger partial charge in [-0.15, -0.1) is 0 Å². The molecule has 0 aliphatic carbocycles. The first kappa shape index (κ1) is 17.0. The minimum Gasteiger partial charge on any atom is -0.329 e. The molecule has 0 saturated heterocycles. The number of aromatic nitrogens is 4. The third-order valence-corrected chi connectivity index (χ3v) is 5.89. The number of anilines is 2. The number of benzene rings is 2. The smallest absolute Gasteiger partial charge is 0.207 e. The first-order valence-corrected chi connectivity index (χ1v) is 10.5. The van der Waals surface area contributed by atoms with E-state index in [1.54, 1.807) is 30.5 Å². The number of aromatic amines is 1. The Morgan fingerprint density at radius 2 is 2.08 bits per heavy atom. The monoisotopic (exact) mass is 405 g/mol. The van der Waals surface area contributed by atoms with Gasteiger partial charge in [0.2, 0.25) is 5.13 Å². The number of sulfone groups is 1. The van der Waals surface area contributed by atoms with Crippen LogP contribution in [-0.2, 0) is 9.84 Å². The number of hydrogen-bond acceptors (Lipinski definition) is 7. The predicted octanol–water partition coefficient (Wildman–Crippen LogP) is 3.88. The number of nitrogens with one attached hydrogen (secondary N) is 2. The van der Waals surface area contributed by atoms with Gasteiger partial charge >= 0.3 is 0 Å². The minimum atomic E-state index is -3.29. The Hall–Kier alpha value is -2.49. The van der Waals surface area contributed by atoms with Crippen molar-refractivity contribution in [1.29, 1.82) is 0 Å². The Kier molecular flexibility index (Phi) is 4.14. The molecule has 132 valence electrons. The van der Waals surface area contributed by atoms with Crippen LogP contribution in [0.4, 0.5) is 10.8 Å². The van der Waals surface area contributed by atoms with Gasteiger partial charge in [-0.05, 0) is 24.3 Å². The highest BCUT2D eigenvalue weighted by Gasteiger charge is 2.13. The number of halogens is 1. The molecule has 0 saturated carbocycles. The quantitative estimate of drug-likeness (QED) is 0.534. The van der Waals surface area contributed by atoms with Crippen LogP contribution in [0.3, 0.4) is 0 Å². The topological polar surface area (TPSA) is 101 Å². The molecule has 26 heavy (non-hydrogen) atoms. The van der Waals surface area contributed by atoms with Crippen molar-refractivity contribution in [3.8, 4) is 11.4 Å². The van der Waals surface area contributed by atoms with E-state index in [4.69, 9.17) is 11.6 Å². The van der Waals surface area contributed by atoms with Crippen LogP contribution < -0.4 is 5.32 Å². The van der Waals surface area contributed by atoms with Crippen molar-refractivity contribution in [1.82, 2.24) is 19.6 Å². The summed E-state index contributed by atoms with van der Waals surface area (Å²) in [6, 6.07) is 10.2. The Morgan fingerprint density at radius 3 is 2.88 bits per heavy atom. The van der Waals surface area contributed by atoms with E-state index in [1.165, 1.54) is 6.26 Å². The lowest BCUT2D eigenvalue weighted by Crippen LogP contribution is -1.97. The summed E-state index contributed by atoms with van der Waals surface area (Å²) in [5, 5.41) is 11.9. The van der Waals surface area contributed by atoms with E-state index in [0.717, 1.165) is 22.4 Å². The highest BCUT2D eigenvalue weighted by Crippen LogP contribution is 2.33. The normalized spacial score (nSPS) is 11.8. The van der Waals surface area contributed by atoms with Crippen molar-refractivity contribution < 1.29 is 8.42 Å². The van der Waals surface area contributed by atoms with Crippen LogP contribution in [-0.4, -0.2) is 34.2 Å². The van der Waals surface area contributed by atoms with E-state index in [-0.39, 0.29) is 4.90 Å². The number of hydrogen-bond donors (Lipinski definition) is 2. The lowest BCUT2D eigenvalue weighted by molar-refractivity contribution is 0.602. The minimum absolute atomic E-state index is 0.229. The molecule has 0 aliphatic rings. The van der Waals surface area contributed by atoms with Crippen molar-refractivity contribution in [2.75, 3.05) is 11.6 Å². The molecule has 2 aromatic heterocycles. The maximum atomic E-state index is 11.7. The van der Waals surface area contributed by atoms with E-state index in [2.05, 4.69) is 24.9 Å². The molecule has 0 spiro atoms. The second-order valence-corrected chi connectivity index (χ2v) is 8.75. The summed E-state index contributed by atoms with van der Waals surface area (Å²) in [6.45, 7) is 0. The first-order valence-electron chi connectivity index (χ1n) is 7.44. The van der Waals surface area contributed by atoms with Crippen LogP contribution in [0.15, 0.2) is 47.5 Å². The van der Waals surface area contributed by atoms with Gasteiger partial charge in [-0.3, -0.25) is 5.10 Å². The van der Waals surface area contributed by atoms with E-state index in [1.807, 2.05) is 12.1 Å². The lowest BCUT2D eigenvalue weighted by Gasteiger charge is -2.05. The average Bonchev–Trinajstić information content (AvgIpc) is 3.26. The number of fused-ring (bicyclic) bond motifs is 1. The van der Waals surface area contributed by atoms with Gasteiger partial charge < -0.3 is 5.32 Å². The Balaban J connectivity index is 1.65.